The van der Waals surface area contributed by atoms with Crippen molar-refractivity contribution in [1.82, 2.24) is 20.4 Å². The molecular formula is C52H63ClF2N8O3. The highest BCUT2D eigenvalue weighted by Crippen LogP contribution is 2.54. The third kappa shape index (κ3) is 9.55. The van der Waals surface area contributed by atoms with E-state index in [9.17, 15) is 18.8 Å². The van der Waals surface area contributed by atoms with Gasteiger partial charge in [0.1, 0.15) is 11.6 Å². The van der Waals surface area contributed by atoms with Gasteiger partial charge in [-0.25, -0.2) is 13.6 Å². The first kappa shape index (κ1) is 48.2. The molecule has 0 unspecified atom stereocenters. The van der Waals surface area contributed by atoms with Crippen molar-refractivity contribution in [3.05, 3.63) is 124 Å². The van der Waals surface area contributed by atoms with Crippen LogP contribution in [-0.4, -0.2) is 59.8 Å². The lowest BCUT2D eigenvalue weighted by Gasteiger charge is -2.35. The van der Waals surface area contributed by atoms with Crippen LogP contribution in [0.3, 0.4) is 0 Å². The summed E-state index contributed by atoms with van der Waals surface area (Å²) in [7, 11) is 1.87. The summed E-state index contributed by atoms with van der Waals surface area (Å²) >= 11 is 6.53. The summed E-state index contributed by atoms with van der Waals surface area (Å²) in [6.45, 7) is 11.5. The van der Waals surface area contributed by atoms with Gasteiger partial charge in [0.2, 0.25) is 11.8 Å². The zero-order valence-electron chi connectivity index (χ0n) is 38.6. The lowest BCUT2D eigenvalue weighted by Crippen LogP contribution is -2.49. The highest BCUT2D eigenvalue weighted by molar-refractivity contribution is 6.34. The van der Waals surface area contributed by atoms with Crippen molar-refractivity contribution < 1.29 is 23.2 Å². The molecule has 66 heavy (non-hydrogen) atoms. The summed E-state index contributed by atoms with van der Waals surface area (Å²) in [6.07, 6.45) is 10.2. The quantitative estimate of drug-likeness (QED) is 0.121. The number of piperidine rings is 1. The minimum absolute atomic E-state index is 0.0169. The molecule has 2 aliphatic heterocycles. The molecule has 3 heterocycles. The molecule has 350 valence electrons. The van der Waals surface area contributed by atoms with Gasteiger partial charge in [-0.3, -0.25) is 24.5 Å². The third-order valence-electron chi connectivity index (χ3n) is 14.2. The normalized spacial score (nSPS) is 19.9. The smallest absolute Gasteiger partial charge is 0.329 e. The number of aryl methyl sites for hydroxylation is 3. The largest absolute Gasteiger partial charge is 0.405 e. The van der Waals surface area contributed by atoms with Crippen LogP contribution in [0.4, 0.5) is 25.1 Å². The lowest BCUT2D eigenvalue weighted by atomic mass is 9.71. The maximum absolute atomic E-state index is 15.5. The molecule has 1 aromatic heterocycles. The van der Waals surface area contributed by atoms with E-state index in [0.29, 0.717) is 48.4 Å². The number of nitrogens with zero attached hydrogens (tertiary/aromatic N) is 4. The summed E-state index contributed by atoms with van der Waals surface area (Å²) in [5.74, 6) is -0.0929. The highest BCUT2D eigenvalue weighted by atomic mass is 35.5. The van der Waals surface area contributed by atoms with Crippen LogP contribution in [0.25, 0.3) is 22.0 Å². The molecule has 4 aromatic carbocycles. The van der Waals surface area contributed by atoms with Gasteiger partial charge in [0.15, 0.2) is 5.82 Å². The molecule has 14 heteroatoms. The predicted molar refractivity (Wildman–Crippen MR) is 261 cm³/mol. The first-order valence-electron chi connectivity index (χ1n) is 23.3. The van der Waals surface area contributed by atoms with Gasteiger partial charge in [-0.05, 0) is 110 Å². The molecule has 4 aliphatic rings. The molecule has 4 amide bonds. The van der Waals surface area contributed by atoms with E-state index in [4.69, 9.17) is 17.3 Å². The molecular weight excluding hydrogens is 858 g/mol. The minimum Gasteiger partial charge on any atom is -0.405 e. The Morgan fingerprint density at radius 1 is 1.00 bits per heavy atom. The number of carbonyl (C=O) groups excluding carboxylic acids is 3. The number of halogens is 3. The molecule has 1 saturated carbocycles. The topological polar surface area (TPSA) is 152 Å². The van der Waals surface area contributed by atoms with Crippen LogP contribution < -0.4 is 31.9 Å². The zero-order valence-corrected chi connectivity index (χ0v) is 39.3. The Kier molecular flexibility index (Phi) is 15.2. The Labute approximate surface area is 391 Å². The second-order valence-electron chi connectivity index (χ2n) is 18.1. The van der Waals surface area contributed by atoms with Crippen molar-refractivity contribution in [1.29, 1.82) is 0 Å². The van der Waals surface area contributed by atoms with Crippen molar-refractivity contribution >= 4 is 51.9 Å². The molecule has 5 aromatic rings. The highest BCUT2D eigenvalue weighted by Gasteiger charge is 2.46. The first-order valence-corrected chi connectivity index (χ1v) is 23.6. The second-order valence-corrected chi connectivity index (χ2v) is 18.5. The summed E-state index contributed by atoms with van der Waals surface area (Å²) in [6, 6.07) is 21.3. The summed E-state index contributed by atoms with van der Waals surface area (Å²) < 4.78 is 32.3. The Morgan fingerprint density at radius 2 is 1.70 bits per heavy atom. The maximum atomic E-state index is 15.5. The maximum Gasteiger partial charge on any atom is 0.329 e. The third-order valence-corrected chi connectivity index (χ3v) is 14.6. The van der Waals surface area contributed by atoms with E-state index in [-0.39, 0.29) is 52.4 Å². The van der Waals surface area contributed by atoms with Gasteiger partial charge in [0.25, 0.3) is 0 Å². The number of aromatic nitrogens is 2. The van der Waals surface area contributed by atoms with E-state index in [0.717, 1.165) is 77.6 Å². The van der Waals surface area contributed by atoms with Gasteiger partial charge < -0.3 is 21.7 Å². The van der Waals surface area contributed by atoms with Crippen LogP contribution >= 0.6 is 11.6 Å². The van der Waals surface area contributed by atoms with Crippen molar-refractivity contribution in [3.8, 4) is 11.1 Å². The van der Waals surface area contributed by atoms with Crippen molar-refractivity contribution in [3.63, 3.8) is 0 Å². The monoisotopic (exact) mass is 920 g/mol. The second kappa shape index (κ2) is 20.8. The summed E-state index contributed by atoms with van der Waals surface area (Å²) in [5, 5.41) is 11.1. The Bertz CT molecular complexity index is 2590. The fraction of sp³-hybridized carbons (Fsp3) is 0.423. The molecule has 0 radical (unpaired) electrons. The standard InChI is InChI=1S/C26H26ClF2N.C24H32N6O3.C2H5N/c1-4-17-11-10-15(2)21(25(17)29)23-22-16(3)26(14-30,19-8-6-5-7-9-19)13-18(22)12-20(28)24(23)27;1-28-20-15-18(7-8-19(20)22(27-28)30-14-11-21(31)26-24(30)33)29-12-9-17(10-13-29)25-23(32)16-5-3-2-4-6-16;1-2-3/h5-12,16H,4,13-14,30H2,1-3H3;7-8,15-17H,2-6,9-14H2,1H3,(H,25,32)(H,26,31,33);2H,1,3H2/t16-,26+;;/m0../s1. The number of amides is 4. The van der Waals surface area contributed by atoms with Gasteiger partial charge in [0, 0.05) is 79.2 Å². The summed E-state index contributed by atoms with van der Waals surface area (Å²) in [4.78, 5) is 40.2. The van der Waals surface area contributed by atoms with E-state index >= 15 is 4.39 Å². The molecule has 2 aliphatic carbocycles. The Balaban J connectivity index is 0.000000186. The van der Waals surface area contributed by atoms with E-state index in [1.807, 2.05) is 51.2 Å². The molecule has 0 spiro atoms. The summed E-state index contributed by atoms with van der Waals surface area (Å²) in [5.41, 5.74) is 17.7. The predicted octanol–water partition coefficient (Wildman–Crippen LogP) is 9.49. The van der Waals surface area contributed by atoms with Crippen molar-refractivity contribution in [2.75, 3.05) is 36.0 Å². The number of carbonyl (C=O) groups is 3. The molecule has 3 fully saturated rings. The molecule has 6 N–H and O–H groups in total. The Hall–Kier alpha value is -5.79. The molecule has 0 bridgehead atoms. The zero-order chi connectivity index (χ0) is 47.3. The first-order chi connectivity index (χ1) is 31.8. The van der Waals surface area contributed by atoms with E-state index < -0.39 is 11.8 Å². The number of rotatable bonds is 8. The molecule has 2 saturated heterocycles. The lowest BCUT2D eigenvalue weighted by molar-refractivity contribution is -0.126. The fourth-order valence-electron chi connectivity index (χ4n) is 10.5. The number of urea groups is 1. The number of anilines is 2. The van der Waals surface area contributed by atoms with E-state index in [2.05, 4.69) is 64.1 Å². The van der Waals surface area contributed by atoms with Crippen LogP contribution in [0.1, 0.15) is 98.9 Å². The van der Waals surface area contributed by atoms with Gasteiger partial charge in [-0.15, -0.1) is 0 Å². The van der Waals surface area contributed by atoms with Crippen molar-refractivity contribution in [2.24, 2.45) is 24.4 Å². The number of benzene rings is 4. The van der Waals surface area contributed by atoms with Crippen LogP contribution in [0.5, 0.6) is 0 Å². The average molecular weight is 922 g/mol. The number of nitrogens with two attached hydrogens (primary N) is 2. The van der Waals surface area contributed by atoms with E-state index in [1.165, 1.54) is 36.4 Å². The van der Waals surface area contributed by atoms with Crippen molar-refractivity contribution in [2.45, 2.75) is 102 Å². The number of fused-ring (bicyclic) bond motifs is 2. The SMILES string of the molecule is C=CN.CCc1ccc(C)c(-c2c(Cl)c(F)cc3c2[C@H](C)[C@@](CN)(c2ccccc2)C3)c1F.Cn1nc(N2CCC(=O)NC2=O)c2ccc(N3CCC(NC(=O)C4CCCCC4)CC3)cc21. The number of nitrogens with one attached hydrogen (secondary N) is 2. The van der Waals surface area contributed by atoms with E-state index in [1.54, 1.807) is 10.7 Å². The Morgan fingerprint density at radius 3 is 2.35 bits per heavy atom. The number of hydrogen-bond acceptors (Lipinski definition) is 7. The minimum atomic E-state index is -0.515. The molecule has 2 atom stereocenters. The van der Waals surface area contributed by atoms with Crippen LogP contribution in [0, 0.1) is 24.5 Å². The van der Waals surface area contributed by atoms with Gasteiger partial charge in [-0.2, -0.15) is 5.10 Å². The van der Waals surface area contributed by atoms with Crippen LogP contribution in [0.15, 0.2) is 79.5 Å². The van der Waals surface area contributed by atoms with Gasteiger partial charge >= 0.3 is 6.03 Å². The average Bonchev–Trinajstić information content (AvgIpc) is 3.80. The molecule has 11 nitrogen and oxygen atoms in total. The number of hydrogen-bond donors (Lipinski definition) is 4. The van der Waals surface area contributed by atoms with Gasteiger partial charge in [-0.1, -0.05) is 93.8 Å². The van der Waals surface area contributed by atoms with Crippen LogP contribution in [-0.2, 0) is 34.9 Å². The van der Waals surface area contributed by atoms with Crippen LogP contribution in [0.2, 0.25) is 5.02 Å². The molecule has 9 rings (SSSR count). The van der Waals surface area contributed by atoms with Gasteiger partial charge in [0.05, 0.1) is 10.5 Å². The fourth-order valence-corrected chi connectivity index (χ4v) is 10.7. The number of imide groups is 1.